The van der Waals surface area contributed by atoms with Crippen LogP contribution in [0.5, 0.6) is 0 Å². The summed E-state index contributed by atoms with van der Waals surface area (Å²) in [7, 11) is 0. The van der Waals surface area contributed by atoms with Gasteiger partial charge >= 0.3 is 0 Å². The Morgan fingerprint density at radius 1 is 0.129 bits per heavy atom. The molecule has 0 fully saturated rings. The second kappa shape index (κ2) is 30.4. The Kier molecular flexibility index (Phi) is 17.3. The molecule has 3 aliphatic carbocycles. The molecular weight excluding hydrogens is 1590 g/mol. The van der Waals surface area contributed by atoms with Crippen molar-refractivity contribution in [2.24, 2.45) is 0 Å². The summed E-state index contributed by atoms with van der Waals surface area (Å²) in [6, 6.07) is 181. The lowest BCUT2D eigenvalue weighted by Crippen LogP contribution is -2.00. The summed E-state index contributed by atoms with van der Waals surface area (Å²) in [5, 5.41) is 15.1. The maximum Gasteiger partial charge on any atom is 0.0544 e. The zero-order valence-electron chi connectivity index (χ0n) is 72.3. The molecule has 3 heterocycles. The number of para-hydroxylation sites is 1. The van der Waals surface area contributed by atoms with Gasteiger partial charge in [-0.15, -0.1) is 0 Å². The van der Waals surface area contributed by atoms with Crippen LogP contribution in [0.25, 0.3) is 204 Å². The Bertz CT molecular complexity index is 9030. The molecule has 0 radical (unpaired) electrons. The predicted octanol–water partition coefficient (Wildman–Crippen LogP) is 33.9. The number of fused-ring (bicyclic) bond motifs is 21. The van der Waals surface area contributed by atoms with Crippen LogP contribution in [0.15, 0.2) is 485 Å². The molecule has 0 saturated carbocycles. The quantitative estimate of drug-likeness (QED) is 0.123. The summed E-state index contributed by atoms with van der Waals surface area (Å²) in [6.07, 6.45) is 0. The van der Waals surface area contributed by atoms with Crippen LogP contribution in [0, 0.1) is 0 Å². The van der Waals surface area contributed by atoms with Crippen molar-refractivity contribution in [1.82, 2.24) is 13.7 Å². The normalized spacial score (nSPS) is 14.0. The monoisotopic (exact) mass is 1670 g/mol. The molecule has 3 atom stereocenters. The summed E-state index contributed by atoms with van der Waals surface area (Å²) in [5.41, 5.74) is 42.9. The lowest BCUT2D eigenvalue weighted by atomic mass is 9.87. The van der Waals surface area contributed by atoms with Gasteiger partial charge < -0.3 is 13.7 Å². The van der Waals surface area contributed by atoms with Crippen molar-refractivity contribution >= 4 is 97.7 Å². The molecule has 0 spiro atoms. The number of hydrogen-bond acceptors (Lipinski definition) is 0. The summed E-state index contributed by atoms with van der Waals surface area (Å²) >= 11 is 0. The first-order chi connectivity index (χ1) is 65.4. The first-order valence-electron chi connectivity index (χ1n) is 46.1. The van der Waals surface area contributed by atoms with Crippen LogP contribution in [-0.2, 0) is 0 Å². The molecule has 22 aromatic carbocycles. The fraction of sp³-hybridized carbons (Fsp3) is 0.0233. The highest BCUT2D eigenvalue weighted by Crippen LogP contribution is 2.56. The average molecular weight is 1680 g/mol. The second-order valence-corrected chi connectivity index (χ2v) is 36.1. The number of rotatable bonds is 11. The third-order valence-electron chi connectivity index (χ3n) is 28.9. The van der Waals surface area contributed by atoms with E-state index in [-0.39, 0.29) is 17.8 Å². The minimum atomic E-state index is 0.113. The van der Waals surface area contributed by atoms with Crippen molar-refractivity contribution < 1.29 is 0 Å². The van der Waals surface area contributed by atoms with Gasteiger partial charge in [0.15, 0.2) is 0 Å². The van der Waals surface area contributed by atoms with Crippen molar-refractivity contribution in [2.75, 3.05) is 0 Å². The molecule has 0 amide bonds. The van der Waals surface area contributed by atoms with Crippen LogP contribution in [0.2, 0.25) is 0 Å². The average Bonchev–Trinajstić information content (AvgIpc) is 1.55. The van der Waals surface area contributed by atoms with E-state index >= 15 is 0 Å². The van der Waals surface area contributed by atoms with E-state index in [9.17, 15) is 0 Å². The van der Waals surface area contributed by atoms with Gasteiger partial charge in [-0.3, -0.25) is 0 Å². The number of hydrogen-bond donors (Lipinski definition) is 0. The van der Waals surface area contributed by atoms with Gasteiger partial charge in [0.25, 0.3) is 0 Å². The third-order valence-corrected chi connectivity index (χ3v) is 28.9. The van der Waals surface area contributed by atoms with Gasteiger partial charge in [-0.1, -0.05) is 376 Å². The fourth-order valence-corrected chi connectivity index (χ4v) is 22.7. The molecule has 0 bridgehead atoms. The largest absolute Gasteiger partial charge is 0.309 e. The Labute approximate surface area is 765 Å². The molecule has 132 heavy (non-hydrogen) atoms. The van der Waals surface area contributed by atoms with Gasteiger partial charge in [0.05, 0.1) is 33.1 Å². The first kappa shape index (κ1) is 75.2. The predicted molar refractivity (Wildman–Crippen MR) is 554 cm³/mol. The maximum atomic E-state index is 2.51. The van der Waals surface area contributed by atoms with E-state index in [1.54, 1.807) is 0 Å². The van der Waals surface area contributed by atoms with Gasteiger partial charge in [-0.2, -0.15) is 0 Å². The molecule has 3 nitrogen and oxygen atoms in total. The van der Waals surface area contributed by atoms with E-state index in [0.717, 1.165) is 11.4 Å². The third kappa shape index (κ3) is 12.2. The molecule has 0 aliphatic heterocycles. The lowest BCUT2D eigenvalue weighted by molar-refractivity contribution is 1.01. The molecule has 25 aromatic rings. The molecule has 0 saturated heterocycles. The Morgan fingerprint density at radius 3 is 0.924 bits per heavy atom. The molecule has 3 aliphatic rings. The SMILES string of the molecule is c1ccc(-c2ccc(C3c4ccccc4-c4cc5c6cc(-c7ccc8c(c7)c7ccccc7n8-c7ccc8ccccc8c7)ccc6n(-c6cccc(-c7ccccc7)c6)c5cc43)cc2)cc1.c1ccc(-c2cccc(-n3c4ccc(-c5ccc6c(c5)-c5ccccc5C6c5ccc6ccccc6c5)cc4c4cc5c(cc43)C(c3ccc4ccccc4c3)c3ccccc3-5)c2)cc1. The fourth-order valence-electron chi connectivity index (χ4n) is 22.7. The number of nitrogens with zero attached hydrogens (tertiary/aromatic N) is 3. The summed E-state index contributed by atoms with van der Waals surface area (Å²) in [6.45, 7) is 0. The minimum absolute atomic E-state index is 0.113. The standard InChI is InChI=1S/C65H42N2.C64H41N/c1-3-14-42(15-4-1)45-26-28-46(29-27-45)65-55-24-10-9-22-53(55)56-40-59-58-39-50(32-35-63(58)67(64(59)41-60(56)65)51-21-13-20-48(36-51)43-16-5-2-6-17-43)49-31-34-62-57(38-49)54-23-11-12-25-61(54)66(62)52-33-30-44-18-7-8-19-47(44)37-52;1-2-13-40(14-3-1)45-19-12-20-50(35-45)65-61-32-30-47(46-29-31-55-56(36-46)51-21-8-10-23-53(51)63(55)48-27-25-41-15-4-6-17-43(41)33-48)37-58(61)59-38-57-52-22-9-11-24-54(52)64(60(57)39-62(59)65)49-28-26-42-16-5-7-18-44(42)34-49/h1-41,65H;1-39,63-64H. The topological polar surface area (TPSA) is 14.8 Å². The van der Waals surface area contributed by atoms with Crippen LogP contribution in [0.1, 0.15) is 67.8 Å². The first-order valence-corrected chi connectivity index (χ1v) is 46.1. The molecule has 614 valence electrons. The van der Waals surface area contributed by atoms with E-state index in [0.29, 0.717) is 0 Å². The molecule has 0 N–H and O–H groups in total. The molecule has 3 heteroatoms. The second-order valence-electron chi connectivity index (χ2n) is 36.1. The highest BCUT2D eigenvalue weighted by molar-refractivity contribution is 6.16. The van der Waals surface area contributed by atoms with Gasteiger partial charge in [0.2, 0.25) is 0 Å². The zero-order valence-corrected chi connectivity index (χ0v) is 72.3. The van der Waals surface area contributed by atoms with Gasteiger partial charge in [0, 0.05) is 67.1 Å². The van der Waals surface area contributed by atoms with Gasteiger partial charge in [0.1, 0.15) is 0 Å². The van der Waals surface area contributed by atoms with Crippen molar-refractivity contribution in [2.45, 2.75) is 17.8 Å². The molecule has 3 unspecified atom stereocenters. The molecule has 28 rings (SSSR count). The van der Waals surface area contributed by atoms with Crippen molar-refractivity contribution in [3.63, 3.8) is 0 Å². The Hall–Kier alpha value is -17.0. The minimum Gasteiger partial charge on any atom is -0.309 e. The van der Waals surface area contributed by atoms with Crippen LogP contribution in [0.3, 0.4) is 0 Å². The smallest absolute Gasteiger partial charge is 0.0544 e. The highest BCUT2D eigenvalue weighted by Gasteiger charge is 2.36. The summed E-state index contributed by atoms with van der Waals surface area (Å²) in [4.78, 5) is 0. The maximum absolute atomic E-state index is 2.51. The van der Waals surface area contributed by atoms with Crippen LogP contribution in [-0.4, -0.2) is 13.7 Å². The van der Waals surface area contributed by atoms with E-state index in [1.165, 1.54) is 243 Å². The van der Waals surface area contributed by atoms with E-state index in [4.69, 9.17) is 0 Å². The van der Waals surface area contributed by atoms with Crippen LogP contribution in [0.4, 0.5) is 0 Å². The Balaban J connectivity index is 0.000000135. The molecule has 3 aromatic heterocycles. The summed E-state index contributed by atoms with van der Waals surface area (Å²) in [5.74, 6) is 0.428. The van der Waals surface area contributed by atoms with Crippen molar-refractivity contribution in [3.8, 4) is 106 Å². The van der Waals surface area contributed by atoms with E-state index in [1.807, 2.05) is 0 Å². The van der Waals surface area contributed by atoms with E-state index in [2.05, 4.69) is 499 Å². The highest BCUT2D eigenvalue weighted by atomic mass is 15.0. The zero-order chi connectivity index (χ0) is 86.6. The van der Waals surface area contributed by atoms with Gasteiger partial charge in [-0.05, 0) is 281 Å². The van der Waals surface area contributed by atoms with Crippen LogP contribution < -0.4 is 0 Å². The van der Waals surface area contributed by atoms with Crippen molar-refractivity contribution in [1.29, 1.82) is 0 Å². The molecular formula is C129H83N3. The number of aromatic nitrogens is 3. The summed E-state index contributed by atoms with van der Waals surface area (Å²) < 4.78 is 7.43. The van der Waals surface area contributed by atoms with Crippen LogP contribution >= 0.6 is 0 Å². The van der Waals surface area contributed by atoms with Crippen molar-refractivity contribution in [3.05, 3.63) is 535 Å². The lowest BCUT2D eigenvalue weighted by Gasteiger charge is -2.16. The Morgan fingerprint density at radius 2 is 0.432 bits per heavy atom. The number of benzene rings is 22. The van der Waals surface area contributed by atoms with E-state index < -0.39 is 0 Å². The van der Waals surface area contributed by atoms with Gasteiger partial charge in [-0.25, -0.2) is 0 Å².